The molecule has 2 aromatic rings. The summed E-state index contributed by atoms with van der Waals surface area (Å²) >= 11 is 6.13. The number of hydrogen-bond donors (Lipinski definition) is 0. The van der Waals surface area contributed by atoms with Gasteiger partial charge in [0, 0.05) is 25.1 Å². The van der Waals surface area contributed by atoms with Gasteiger partial charge in [0.25, 0.3) is 5.69 Å². The summed E-state index contributed by atoms with van der Waals surface area (Å²) in [4.78, 5) is 14.7. The van der Waals surface area contributed by atoms with Crippen molar-refractivity contribution < 1.29 is 4.92 Å². The number of aromatic nitrogens is 2. The smallest absolute Gasteiger partial charge is 0.269 e. The summed E-state index contributed by atoms with van der Waals surface area (Å²) in [6.45, 7) is 4.71. The molecule has 0 N–H and O–H groups in total. The van der Waals surface area contributed by atoms with Crippen LogP contribution in [-0.4, -0.2) is 14.5 Å². The SMILES string of the molecule is CCCCc1nc(Cl)c(C)n1Cc1ccc([N+](=O)[O-])cc1. The summed E-state index contributed by atoms with van der Waals surface area (Å²) in [5, 5.41) is 11.2. The fourth-order valence-electron chi connectivity index (χ4n) is 2.20. The van der Waals surface area contributed by atoms with Crippen LogP contribution in [0.1, 0.15) is 36.8 Å². The van der Waals surface area contributed by atoms with Crippen LogP contribution in [0.4, 0.5) is 5.69 Å². The fraction of sp³-hybridized carbons (Fsp3) is 0.400. The molecule has 1 heterocycles. The van der Waals surface area contributed by atoms with Gasteiger partial charge in [-0.1, -0.05) is 37.1 Å². The highest BCUT2D eigenvalue weighted by Gasteiger charge is 2.13. The van der Waals surface area contributed by atoms with Crippen molar-refractivity contribution in [3.05, 3.63) is 56.6 Å². The number of non-ortho nitro benzene ring substituents is 1. The summed E-state index contributed by atoms with van der Waals surface area (Å²) in [6.07, 6.45) is 3.05. The number of unbranched alkanes of at least 4 members (excludes halogenated alkanes) is 1. The maximum absolute atomic E-state index is 10.7. The summed E-state index contributed by atoms with van der Waals surface area (Å²) in [5.41, 5.74) is 2.03. The predicted molar refractivity (Wildman–Crippen MR) is 82.8 cm³/mol. The molecule has 1 aromatic heterocycles. The van der Waals surface area contributed by atoms with E-state index in [-0.39, 0.29) is 5.69 Å². The van der Waals surface area contributed by atoms with Gasteiger partial charge in [-0.3, -0.25) is 10.1 Å². The molecular weight excluding hydrogens is 290 g/mol. The van der Waals surface area contributed by atoms with Gasteiger partial charge in [0.05, 0.1) is 10.6 Å². The van der Waals surface area contributed by atoms with E-state index in [0.29, 0.717) is 11.7 Å². The molecule has 0 aliphatic carbocycles. The van der Waals surface area contributed by atoms with Crippen molar-refractivity contribution in [3.63, 3.8) is 0 Å². The Morgan fingerprint density at radius 2 is 2.00 bits per heavy atom. The van der Waals surface area contributed by atoms with Gasteiger partial charge in [-0.2, -0.15) is 0 Å². The quantitative estimate of drug-likeness (QED) is 0.595. The van der Waals surface area contributed by atoms with Crippen molar-refractivity contribution in [3.8, 4) is 0 Å². The third-order valence-corrected chi connectivity index (χ3v) is 3.84. The Morgan fingerprint density at radius 3 is 2.57 bits per heavy atom. The number of halogens is 1. The minimum absolute atomic E-state index is 0.102. The largest absolute Gasteiger partial charge is 0.326 e. The summed E-state index contributed by atoms with van der Waals surface area (Å²) in [6, 6.07) is 6.59. The van der Waals surface area contributed by atoms with Crippen LogP contribution in [0.15, 0.2) is 24.3 Å². The van der Waals surface area contributed by atoms with Crippen molar-refractivity contribution in [1.82, 2.24) is 9.55 Å². The lowest BCUT2D eigenvalue weighted by Crippen LogP contribution is -2.07. The van der Waals surface area contributed by atoms with E-state index in [2.05, 4.69) is 16.5 Å². The average Bonchev–Trinajstić information content (AvgIpc) is 2.73. The third kappa shape index (κ3) is 3.61. The number of rotatable bonds is 6. The van der Waals surface area contributed by atoms with Crippen molar-refractivity contribution in [1.29, 1.82) is 0 Å². The first-order valence-corrected chi connectivity index (χ1v) is 7.35. The number of nitro benzene ring substituents is 1. The monoisotopic (exact) mass is 307 g/mol. The van der Waals surface area contributed by atoms with E-state index in [1.165, 1.54) is 12.1 Å². The van der Waals surface area contributed by atoms with E-state index in [0.717, 1.165) is 36.3 Å². The first-order chi connectivity index (χ1) is 10.0. The number of imidazole rings is 1. The molecule has 0 saturated carbocycles. The van der Waals surface area contributed by atoms with Crippen molar-refractivity contribution >= 4 is 17.3 Å². The summed E-state index contributed by atoms with van der Waals surface area (Å²) < 4.78 is 2.08. The molecule has 0 atom stereocenters. The van der Waals surface area contributed by atoms with Gasteiger partial charge in [-0.25, -0.2) is 4.98 Å². The lowest BCUT2D eigenvalue weighted by molar-refractivity contribution is -0.384. The standard InChI is InChI=1S/C15H18ClN3O2/c1-3-4-5-14-17-15(16)11(2)18(14)10-12-6-8-13(9-7-12)19(20)21/h6-9H,3-5,10H2,1-2H3. The Kier molecular flexibility index (Phi) is 4.96. The second-order valence-electron chi connectivity index (χ2n) is 5.02. The molecule has 0 bridgehead atoms. The van der Waals surface area contributed by atoms with E-state index in [4.69, 9.17) is 11.6 Å². The van der Waals surface area contributed by atoms with Crippen LogP contribution in [0, 0.1) is 17.0 Å². The number of benzene rings is 1. The van der Waals surface area contributed by atoms with Gasteiger partial charge in [0.2, 0.25) is 0 Å². The number of nitrogens with zero attached hydrogens (tertiary/aromatic N) is 3. The van der Waals surface area contributed by atoms with Crippen molar-refractivity contribution in [2.75, 3.05) is 0 Å². The number of aryl methyl sites for hydroxylation is 1. The molecule has 1 aromatic carbocycles. The lowest BCUT2D eigenvalue weighted by Gasteiger charge is -2.10. The maximum atomic E-state index is 10.7. The Hall–Kier alpha value is -1.88. The van der Waals surface area contributed by atoms with E-state index in [1.807, 2.05) is 6.92 Å². The third-order valence-electron chi connectivity index (χ3n) is 3.48. The van der Waals surface area contributed by atoms with E-state index < -0.39 is 4.92 Å². The zero-order valence-electron chi connectivity index (χ0n) is 12.2. The molecule has 21 heavy (non-hydrogen) atoms. The van der Waals surface area contributed by atoms with Crippen LogP contribution >= 0.6 is 11.6 Å². The highest BCUT2D eigenvalue weighted by molar-refractivity contribution is 6.30. The molecule has 0 aliphatic heterocycles. The molecule has 0 spiro atoms. The average molecular weight is 308 g/mol. The van der Waals surface area contributed by atoms with Crippen LogP contribution in [0.2, 0.25) is 5.15 Å². The molecule has 0 fully saturated rings. The molecule has 0 unspecified atom stereocenters. The van der Waals surface area contributed by atoms with E-state index >= 15 is 0 Å². The van der Waals surface area contributed by atoms with Crippen LogP contribution in [0.5, 0.6) is 0 Å². The van der Waals surface area contributed by atoms with Crippen molar-refractivity contribution in [2.24, 2.45) is 0 Å². The lowest BCUT2D eigenvalue weighted by atomic mass is 10.2. The van der Waals surface area contributed by atoms with Gasteiger partial charge in [0.15, 0.2) is 0 Å². The van der Waals surface area contributed by atoms with Crippen molar-refractivity contribution in [2.45, 2.75) is 39.7 Å². The van der Waals surface area contributed by atoms with E-state index in [1.54, 1.807) is 12.1 Å². The van der Waals surface area contributed by atoms with Crippen LogP contribution in [0.25, 0.3) is 0 Å². The first kappa shape index (κ1) is 15.5. The highest BCUT2D eigenvalue weighted by Crippen LogP contribution is 2.20. The Labute approximate surface area is 128 Å². The second kappa shape index (κ2) is 6.72. The van der Waals surface area contributed by atoms with Crippen LogP contribution in [-0.2, 0) is 13.0 Å². The van der Waals surface area contributed by atoms with Gasteiger partial charge < -0.3 is 4.57 Å². The minimum Gasteiger partial charge on any atom is -0.326 e. The van der Waals surface area contributed by atoms with Gasteiger partial charge in [-0.15, -0.1) is 0 Å². The molecule has 0 radical (unpaired) electrons. The summed E-state index contributed by atoms with van der Waals surface area (Å²) in [5.74, 6) is 0.970. The van der Waals surface area contributed by atoms with Crippen LogP contribution in [0.3, 0.4) is 0 Å². The zero-order chi connectivity index (χ0) is 15.4. The molecule has 0 saturated heterocycles. The molecular formula is C15H18ClN3O2. The normalized spacial score (nSPS) is 10.8. The molecule has 6 heteroatoms. The minimum atomic E-state index is -0.393. The molecule has 112 valence electrons. The zero-order valence-corrected chi connectivity index (χ0v) is 12.9. The Bertz CT molecular complexity index is 635. The topological polar surface area (TPSA) is 61.0 Å². The van der Waals surface area contributed by atoms with Gasteiger partial charge in [0.1, 0.15) is 11.0 Å². The summed E-state index contributed by atoms with van der Waals surface area (Å²) in [7, 11) is 0. The maximum Gasteiger partial charge on any atom is 0.269 e. The molecule has 2 rings (SSSR count). The first-order valence-electron chi connectivity index (χ1n) is 6.97. The fourth-order valence-corrected chi connectivity index (χ4v) is 2.40. The molecule has 0 amide bonds. The van der Waals surface area contributed by atoms with Gasteiger partial charge >= 0.3 is 0 Å². The second-order valence-corrected chi connectivity index (χ2v) is 5.38. The molecule has 5 nitrogen and oxygen atoms in total. The van der Waals surface area contributed by atoms with E-state index in [9.17, 15) is 10.1 Å². The highest BCUT2D eigenvalue weighted by atomic mass is 35.5. The predicted octanol–water partition coefficient (Wildman–Crippen LogP) is 4.14. The van der Waals surface area contributed by atoms with Gasteiger partial charge in [-0.05, 0) is 18.9 Å². The van der Waals surface area contributed by atoms with Crippen LogP contribution < -0.4 is 0 Å². The number of nitro groups is 1. The Balaban J connectivity index is 2.23. The Morgan fingerprint density at radius 1 is 1.33 bits per heavy atom. The molecule has 0 aliphatic rings. The number of hydrogen-bond acceptors (Lipinski definition) is 3.